The van der Waals surface area contributed by atoms with Crippen LogP contribution >= 0.6 is 11.6 Å². The van der Waals surface area contributed by atoms with Gasteiger partial charge in [0.2, 0.25) is 0 Å². The summed E-state index contributed by atoms with van der Waals surface area (Å²) in [7, 11) is 0. The molecule has 0 radical (unpaired) electrons. The van der Waals surface area contributed by atoms with Gasteiger partial charge in [-0.3, -0.25) is 4.79 Å². The Balaban J connectivity index is 1.71. The highest BCUT2D eigenvalue weighted by Crippen LogP contribution is 2.19. The highest BCUT2D eigenvalue weighted by Gasteiger charge is 2.18. The topological polar surface area (TPSA) is 84.7 Å². The fraction of sp³-hybridized carbons (Fsp3) is 0.333. The predicted octanol–water partition coefficient (Wildman–Crippen LogP) is 0.265. The fourth-order valence-corrected chi connectivity index (χ4v) is 2.20. The summed E-state index contributed by atoms with van der Waals surface area (Å²) in [4.78, 5) is 12.0. The summed E-state index contributed by atoms with van der Waals surface area (Å²) in [6, 6.07) is 5.09. The molecule has 7 nitrogen and oxygen atoms in total. The van der Waals surface area contributed by atoms with Crippen molar-refractivity contribution < 1.29 is 4.79 Å². The Morgan fingerprint density at radius 2 is 2.35 bits per heavy atom. The van der Waals surface area contributed by atoms with Crippen molar-refractivity contribution in [2.75, 3.05) is 19.6 Å². The van der Waals surface area contributed by atoms with Gasteiger partial charge in [-0.1, -0.05) is 11.6 Å². The summed E-state index contributed by atoms with van der Waals surface area (Å²) in [5, 5.41) is 17.3. The van der Waals surface area contributed by atoms with Crippen LogP contribution in [0.4, 0.5) is 0 Å². The first kappa shape index (κ1) is 13.0. The first-order valence-electron chi connectivity index (χ1n) is 6.26. The van der Waals surface area contributed by atoms with Gasteiger partial charge in [-0.05, 0) is 28.6 Å². The molecule has 1 aromatic heterocycles. The Morgan fingerprint density at radius 1 is 1.50 bits per heavy atom. The molecule has 1 fully saturated rings. The summed E-state index contributed by atoms with van der Waals surface area (Å²) in [5.41, 5.74) is 1.16. The van der Waals surface area contributed by atoms with Gasteiger partial charge in [-0.15, -0.1) is 5.10 Å². The molecule has 1 saturated heterocycles. The molecule has 8 heteroatoms. The average Bonchev–Trinajstić information content (AvgIpc) is 2.90. The summed E-state index contributed by atoms with van der Waals surface area (Å²) in [5.74, 6) is 0.350. The maximum absolute atomic E-state index is 12.0. The van der Waals surface area contributed by atoms with Crippen molar-refractivity contribution in [3.8, 4) is 5.69 Å². The lowest BCUT2D eigenvalue weighted by Crippen LogP contribution is -2.48. The number of benzene rings is 1. The van der Waals surface area contributed by atoms with E-state index >= 15 is 0 Å². The van der Waals surface area contributed by atoms with E-state index in [0.29, 0.717) is 28.7 Å². The number of nitrogens with one attached hydrogen (secondary N) is 2. The van der Waals surface area contributed by atoms with E-state index in [1.54, 1.807) is 18.2 Å². The summed E-state index contributed by atoms with van der Waals surface area (Å²) in [6.45, 7) is 2.56. The minimum Gasteiger partial charge on any atom is -0.352 e. The molecule has 0 bridgehead atoms. The maximum Gasteiger partial charge on any atom is 0.252 e. The second-order valence-electron chi connectivity index (χ2n) is 4.65. The van der Waals surface area contributed by atoms with Crippen LogP contribution in [0.3, 0.4) is 0 Å². The number of rotatable bonds is 4. The van der Waals surface area contributed by atoms with E-state index in [-0.39, 0.29) is 5.91 Å². The Kier molecular flexibility index (Phi) is 3.62. The molecule has 0 spiro atoms. The molecule has 0 aliphatic carbocycles. The Morgan fingerprint density at radius 3 is 2.95 bits per heavy atom. The van der Waals surface area contributed by atoms with Crippen LogP contribution in [-0.2, 0) is 0 Å². The van der Waals surface area contributed by atoms with E-state index in [1.165, 1.54) is 11.0 Å². The number of nitrogens with zero attached hydrogens (tertiary/aromatic N) is 4. The van der Waals surface area contributed by atoms with E-state index in [4.69, 9.17) is 11.6 Å². The van der Waals surface area contributed by atoms with Gasteiger partial charge in [0.05, 0.1) is 16.3 Å². The second-order valence-corrected chi connectivity index (χ2v) is 5.06. The van der Waals surface area contributed by atoms with Gasteiger partial charge in [-0.25, -0.2) is 4.68 Å². The molecule has 3 rings (SSSR count). The largest absolute Gasteiger partial charge is 0.352 e. The van der Waals surface area contributed by atoms with Crippen molar-refractivity contribution in [1.29, 1.82) is 0 Å². The third kappa shape index (κ3) is 2.63. The lowest BCUT2D eigenvalue weighted by Gasteiger charge is -2.27. The first-order valence-corrected chi connectivity index (χ1v) is 6.63. The van der Waals surface area contributed by atoms with Crippen molar-refractivity contribution in [3.63, 3.8) is 0 Å². The molecule has 0 atom stereocenters. The number of aromatic nitrogens is 4. The summed E-state index contributed by atoms with van der Waals surface area (Å²) in [6.07, 6.45) is 1.47. The van der Waals surface area contributed by atoms with E-state index < -0.39 is 0 Å². The molecule has 2 heterocycles. The molecular formula is C12H13ClN6O. The van der Waals surface area contributed by atoms with Gasteiger partial charge in [0.25, 0.3) is 5.91 Å². The van der Waals surface area contributed by atoms with Crippen molar-refractivity contribution in [2.24, 2.45) is 5.92 Å². The molecular weight excluding hydrogens is 280 g/mol. The molecule has 0 unspecified atom stereocenters. The third-order valence-electron chi connectivity index (χ3n) is 3.23. The van der Waals surface area contributed by atoms with Crippen LogP contribution < -0.4 is 10.6 Å². The third-order valence-corrected chi connectivity index (χ3v) is 3.54. The van der Waals surface area contributed by atoms with Gasteiger partial charge in [0.1, 0.15) is 6.33 Å². The Hall–Kier alpha value is -1.99. The lowest BCUT2D eigenvalue weighted by atomic mass is 10.0. The normalized spacial score (nSPS) is 14.8. The van der Waals surface area contributed by atoms with Crippen molar-refractivity contribution in [3.05, 3.63) is 35.1 Å². The zero-order chi connectivity index (χ0) is 13.9. The molecule has 104 valence electrons. The summed E-state index contributed by atoms with van der Waals surface area (Å²) < 4.78 is 1.48. The minimum absolute atomic E-state index is 0.162. The number of tetrazole rings is 1. The van der Waals surface area contributed by atoms with Crippen LogP contribution in [0.1, 0.15) is 10.4 Å². The van der Waals surface area contributed by atoms with Gasteiger partial charge in [-0.2, -0.15) is 0 Å². The SMILES string of the molecule is O=C(NCC1CNC1)c1ccc(-n2cnnn2)cc1Cl. The Bertz CT molecular complexity index is 610. The maximum atomic E-state index is 12.0. The van der Waals surface area contributed by atoms with E-state index in [0.717, 1.165) is 13.1 Å². The molecule has 0 saturated carbocycles. The van der Waals surface area contributed by atoms with E-state index in [1.807, 2.05) is 0 Å². The lowest BCUT2D eigenvalue weighted by molar-refractivity contribution is 0.0942. The first-order chi connectivity index (χ1) is 9.74. The molecule has 2 N–H and O–H groups in total. The van der Waals surface area contributed by atoms with Crippen LogP contribution in [0.5, 0.6) is 0 Å². The van der Waals surface area contributed by atoms with Gasteiger partial charge in [0.15, 0.2) is 0 Å². The molecule has 20 heavy (non-hydrogen) atoms. The zero-order valence-corrected chi connectivity index (χ0v) is 11.3. The molecule has 1 aromatic carbocycles. The number of halogens is 1. The molecule has 1 aliphatic rings. The number of carbonyl (C=O) groups excluding carboxylic acids is 1. The van der Waals surface area contributed by atoms with Gasteiger partial charge >= 0.3 is 0 Å². The molecule has 2 aromatic rings. The standard InChI is InChI=1S/C12H13ClN6O/c13-11-3-9(19-7-16-17-18-19)1-2-10(11)12(20)15-6-8-4-14-5-8/h1-3,7-8,14H,4-6H2,(H,15,20). The monoisotopic (exact) mass is 292 g/mol. The van der Waals surface area contributed by atoms with Crippen LogP contribution in [0.15, 0.2) is 24.5 Å². The highest BCUT2D eigenvalue weighted by molar-refractivity contribution is 6.34. The predicted molar refractivity (Wildman–Crippen MR) is 72.9 cm³/mol. The van der Waals surface area contributed by atoms with Crippen molar-refractivity contribution in [1.82, 2.24) is 30.8 Å². The number of hydrogen-bond acceptors (Lipinski definition) is 5. The van der Waals surface area contributed by atoms with Crippen LogP contribution in [0.25, 0.3) is 5.69 Å². The number of amides is 1. The summed E-state index contributed by atoms with van der Waals surface area (Å²) >= 11 is 6.15. The van der Waals surface area contributed by atoms with Crippen LogP contribution in [-0.4, -0.2) is 45.7 Å². The Labute approximate surface area is 120 Å². The smallest absolute Gasteiger partial charge is 0.252 e. The van der Waals surface area contributed by atoms with Gasteiger partial charge in [0, 0.05) is 25.6 Å². The van der Waals surface area contributed by atoms with Crippen molar-refractivity contribution in [2.45, 2.75) is 0 Å². The molecule has 1 aliphatic heterocycles. The van der Waals surface area contributed by atoms with Crippen LogP contribution in [0, 0.1) is 5.92 Å². The number of carbonyl (C=O) groups is 1. The average molecular weight is 293 g/mol. The second kappa shape index (κ2) is 5.56. The van der Waals surface area contributed by atoms with Gasteiger partial charge < -0.3 is 10.6 Å². The van der Waals surface area contributed by atoms with Crippen LogP contribution in [0.2, 0.25) is 5.02 Å². The fourth-order valence-electron chi connectivity index (χ4n) is 1.94. The van der Waals surface area contributed by atoms with E-state index in [2.05, 4.69) is 26.2 Å². The van der Waals surface area contributed by atoms with E-state index in [9.17, 15) is 4.79 Å². The number of hydrogen-bond donors (Lipinski definition) is 2. The minimum atomic E-state index is -0.162. The quantitative estimate of drug-likeness (QED) is 0.845. The molecule has 1 amide bonds. The highest BCUT2D eigenvalue weighted by atomic mass is 35.5. The zero-order valence-electron chi connectivity index (χ0n) is 10.6. The van der Waals surface area contributed by atoms with Crippen molar-refractivity contribution >= 4 is 17.5 Å².